The molecule has 356 valence electrons. The number of imide groups is 1. The molecule has 3 N–H and O–H groups in total. The van der Waals surface area contributed by atoms with Crippen LogP contribution in [0.3, 0.4) is 0 Å². The number of hydrogen-bond donors (Lipinski definition) is 3. The Morgan fingerprint density at radius 2 is 1.69 bits per heavy atom. The second-order valence-electron chi connectivity index (χ2n) is 19.0. The molecule has 6 aliphatic rings. The quantitative estimate of drug-likeness (QED) is 0.175. The summed E-state index contributed by atoms with van der Waals surface area (Å²) < 4.78 is 55.0. The highest BCUT2D eigenvalue weighted by Crippen LogP contribution is 2.45. The molecular formula is C47H55ClF3N11O5. The number of methoxy groups -OCH3 is 1. The number of carbonyl (C=O) groups excluding carboxylic acids is 4. The summed E-state index contributed by atoms with van der Waals surface area (Å²) in [6, 6.07) is 8.00. The lowest BCUT2D eigenvalue weighted by atomic mass is 9.70. The third kappa shape index (κ3) is 8.56. The molecule has 20 heteroatoms. The van der Waals surface area contributed by atoms with Gasteiger partial charge in [0, 0.05) is 77.2 Å². The lowest BCUT2D eigenvalue weighted by Crippen LogP contribution is -2.60. The van der Waals surface area contributed by atoms with Crippen molar-refractivity contribution in [2.75, 3.05) is 81.6 Å². The van der Waals surface area contributed by atoms with Crippen LogP contribution in [-0.2, 0) is 22.5 Å². The van der Waals surface area contributed by atoms with Crippen LogP contribution in [0.15, 0.2) is 42.6 Å². The molecule has 5 amide bonds. The summed E-state index contributed by atoms with van der Waals surface area (Å²) in [6.45, 7) is 3.03. The minimum Gasteiger partial charge on any atom is -0.385 e. The molecule has 7 heterocycles. The van der Waals surface area contributed by atoms with Gasteiger partial charge in [0.2, 0.25) is 5.91 Å². The number of fused-ring (bicyclic) bond motifs is 2. The topological polar surface area (TPSA) is 160 Å². The smallest absolute Gasteiger partial charge is 0.328 e. The van der Waals surface area contributed by atoms with E-state index in [2.05, 4.69) is 20.9 Å². The molecule has 4 saturated heterocycles. The molecule has 1 aliphatic carbocycles. The van der Waals surface area contributed by atoms with Gasteiger partial charge in [-0.2, -0.15) is 0 Å². The monoisotopic (exact) mass is 945 g/mol. The number of amides is 5. The molecule has 0 bridgehead atoms. The van der Waals surface area contributed by atoms with E-state index in [1.807, 2.05) is 20.8 Å². The highest BCUT2D eigenvalue weighted by atomic mass is 35.5. The molecule has 16 nitrogen and oxygen atoms in total. The van der Waals surface area contributed by atoms with Crippen molar-refractivity contribution in [2.45, 2.75) is 88.4 Å². The molecule has 0 radical (unpaired) electrons. The van der Waals surface area contributed by atoms with Crippen molar-refractivity contribution in [3.8, 4) is 0 Å². The summed E-state index contributed by atoms with van der Waals surface area (Å²) in [7, 11) is 3.38. The molecule has 5 aliphatic heterocycles. The number of imidazole rings is 1. The van der Waals surface area contributed by atoms with Gasteiger partial charge in [-0.15, -0.1) is 5.10 Å². The Morgan fingerprint density at radius 3 is 2.39 bits per heavy atom. The Bertz CT molecular complexity index is 2610. The fraction of sp³-hybridized carbons (Fsp3) is 0.532. The zero-order chi connectivity index (χ0) is 46.8. The van der Waals surface area contributed by atoms with Gasteiger partial charge >= 0.3 is 6.03 Å². The van der Waals surface area contributed by atoms with E-state index in [-0.39, 0.29) is 66.9 Å². The van der Waals surface area contributed by atoms with Gasteiger partial charge in [0.1, 0.15) is 5.82 Å². The lowest BCUT2D eigenvalue weighted by Gasteiger charge is -2.51. The number of nitrogens with zero attached hydrogens (tertiary/aromatic N) is 8. The summed E-state index contributed by atoms with van der Waals surface area (Å²) in [5, 5.41) is 13.6. The molecule has 1 spiro atoms. The average Bonchev–Trinajstić information content (AvgIpc) is 3.93. The number of benzene rings is 2. The summed E-state index contributed by atoms with van der Waals surface area (Å²) >= 11 is 6.42. The first kappa shape index (κ1) is 45.3. The summed E-state index contributed by atoms with van der Waals surface area (Å²) in [5.74, 6) is -3.81. The van der Waals surface area contributed by atoms with E-state index in [4.69, 9.17) is 21.4 Å². The number of likely N-dealkylation sites (tertiary alicyclic amines) is 3. The van der Waals surface area contributed by atoms with Crippen molar-refractivity contribution in [3.63, 3.8) is 0 Å². The van der Waals surface area contributed by atoms with E-state index in [9.17, 15) is 19.2 Å². The van der Waals surface area contributed by atoms with E-state index >= 15 is 13.2 Å². The third-order valence-electron chi connectivity index (χ3n) is 15.2. The number of ether oxygens (including phenoxy) is 1. The molecule has 10 rings (SSSR count). The highest BCUT2D eigenvalue weighted by molar-refractivity contribution is 6.34. The second kappa shape index (κ2) is 17.9. The molecule has 1 saturated carbocycles. The maximum atomic E-state index is 16.3. The van der Waals surface area contributed by atoms with E-state index in [0.717, 1.165) is 44.1 Å². The van der Waals surface area contributed by atoms with Crippen LogP contribution in [0.4, 0.5) is 40.8 Å². The van der Waals surface area contributed by atoms with Crippen LogP contribution in [0.1, 0.15) is 83.3 Å². The standard InChI is InChI=1S/C47H55ClF3N11O5/c1-52-34-24-40(56-62-37(25-53-42(34)62)43(64)54-33-5-6-38(33)67-2)60-15-7-31-29(21-30(49)23-35(31)60)26-57-14-8-39(47(50,51)27-57)58-17-10-46(11-18-58)12-19-59(20-13-46)44(65)28-3-4-32(48)36(22-28)61-16-9-41(63)55-45(61)66/h3-4,21-25,33,38-39,52H,5-20,26-27H2,1-2H3,(H,54,64)(H,55,63,66)/t33-,38-,39+/m1/s1. The number of aromatic nitrogens is 3. The number of urea groups is 1. The number of alkyl halides is 2. The van der Waals surface area contributed by atoms with Crippen LogP contribution < -0.4 is 25.8 Å². The summed E-state index contributed by atoms with van der Waals surface area (Å²) in [5.41, 5.74) is 4.28. The fourth-order valence-electron chi connectivity index (χ4n) is 11.2. The molecule has 2 aromatic heterocycles. The number of nitrogens with one attached hydrogen (secondary N) is 3. The maximum Gasteiger partial charge on any atom is 0.328 e. The molecule has 4 aromatic rings. The molecule has 67 heavy (non-hydrogen) atoms. The molecule has 0 unspecified atom stereocenters. The minimum atomic E-state index is -2.98. The minimum absolute atomic E-state index is 0.0339. The summed E-state index contributed by atoms with van der Waals surface area (Å²) in [4.78, 5) is 64.5. The zero-order valence-corrected chi connectivity index (χ0v) is 38.4. The fourth-order valence-corrected chi connectivity index (χ4v) is 11.4. The maximum absolute atomic E-state index is 16.3. The van der Waals surface area contributed by atoms with Gasteiger partial charge in [-0.05, 0) is 111 Å². The average molecular weight is 946 g/mol. The summed E-state index contributed by atoms with van der Waals surface area (Å²) in [6.07, 6.45) is 7.20. The molecule has 2 aromatic carbocycles. The lowest BCUT2D eigenvalue weighted by molar-refractivity contribution is -0.139. The van der Waals surface area contributed by atoms with Gasteiger partial charge in [0.25, 0.3) is 17.7 Å². The first-order chi connectivity index (χ1) is 32.2. The molecular weight excluding hydrogens is 891 g/mol. The van der Waals surface area contributed by atoms with E-state index < -0.39 is 30.4 Å². The van der Waals surface area contributed by atoms with Crippen LogP contribution in [-0.4, -0.2) is 144 Å². The second-order valence-corrected chi connectivity index (χ2v) is 19.4. The number of hydrogen-bond acceptors (Lipinski definition) is 11. The first-order valence-corrected chi connectivity index (χ1v) is 23.6. The van der Waals surface area contributed by atoms with Crippen LogP contribution >= 0.6 is 11.6 Å². The van der Waals surface area contributed by atoms with Crippen molar-refractivity contribution in [1.29, 1.82) is 0 Å². The Kier molecular flexibility index (Phi) is 12.1. The number of rotatable bonds is 10. The van der Waals surface area contributed by atoms with Crippen LogP contribution in [0, 0.1) is 11.2 Å². The van der Waals surface area contributed by atoms with Gasteiger partial charge in [-0.25, -0.2) is 27.5 Å². The third-order valence-corrected chi connectivity index (χ3v) is 15.5. The number of carbonyl (C=O) groups is 4. The van der Waals surface area contributed by atoms with Crippen molar-refractivity contribution >= 4 is 63.9 Å². The van der Waals surface area contributed by atoms with Crippen molar-refractivity contribution in [1.82, 2.24) is 39.9 Å². The normalized spacial score (nSPS) is 24.1. The molecule has 5 fully saturated rings. The Labute approximate surface area is 391 Å². The largest absolute Gasteiger partial charge is 0.385 e. The Morgan fingerprint density at radius 1 is 0.925 bits per heavy atom. The van der Waals surface area contributed by atoms with Gasteiger partial charge in [-0.1, -0.05) is 11.6 Å². The molecule has 3 atom stereocenters. The van der Waals surface area contributed by atoms with Crippen LogP contribution in [0.25, 0.3) is 5.65 Å². The predicted octanol–water partition coefficient (Wildman–Crippen LogP) is 5.84. The van der Waals surface area contributed by atoms with Crippen molar-refractivity contribution in [2.24, 2.45) is 5.41 Å². The van der Waals surface area contributed by atoms with Crippen LogP contribution in [0.2, 0.25) is 5.02 Å². The zero-order valence-electron chi connectivity index (χ0n) is 37.6. The Hall–Kier alpha value is -5.50. The van der Waals surface area contributed by atoms with E-state index in [1.165, 1.54) is 27.7 Å². The van der Waals surface area contributed by atoms with Crippen molar-refractivity contribution in [3.05, 3.63) is 75.8 Å². The highest BCUT2D eigenvalue weighted by Gasteiger charge is 2.50. The first-order valence-electron chi connectivity index (χ1n) is 23.3. The number of halogens is 4. The van der Waals surface area contributed by atoms with Gasteiger partial charge < -0.3 is 25.2 Å². The van der Waals surface area contributed by atoms with Crippen LogP contribution in [0.5, 0.6) is 0 Å². The van der Waals surface area contributed by atoms with E-state index in [1.54, 1.807) is 37.3 Å². The number of anilines is 4. The van der Waals surface area contributed by atoms with Gasteiger partial charge in [0.15, 0.2) is 17.2 Å². The van der Waals surface area contributed by atoms with Crippen molar-refractivity contribution < 1.29 is 37.1 Å². The van der Waals surface area contributed by atoms with E-state index in [0.29, 0.717) is 90.4 Å². The predicted molar refractivity (Wildman–Crippen MR) is 245 cm³/mol. The van der Waals surface area contributed by atoms with Gasteiger partial charge in [0.05, 0.1) is 47.3 Å². The SMILES string of the molecule is CNc1cc(N2CCc3c(CN4CC[C@H](N5CCC6(CCN(C(=O)c7ccc(Cl)c(N8CCC(=O)NC8=O)c7)CC6)CC5)C(F)(F)C4)cc(F)cc32)nn2c(C(=O)N[C@@H]3CC[C@H]3OC)cnc12. The Balaban J connectivity index is 0.758. The van der Waals surface area contributed by atoms with Gasteiger partial charge in [-0.3, -0.25) is 34.4 Å². The number of piperidine rings is 3.